The monoisotopic (exact) mass is 641 g/mol. The van der Waals surface area contributed by atoms with Gasteiger partial charge in [-0.3, -0.25) is 5.32 Å². The number of carbonyl (C=O) groups excluding carboxylic acids is 1. The molecule has 0 unspecified atom stereocenters. The number of amides is 1. The average molecular weight is 642 g/mol. The van der Waals surface area contributed by atoms with E-state index in [1.54, 1.807) is 101 Å². The zero-order chi connectivity index (χ0) is 31.4. The van der Waals surface area contributed by atoms with Gasteiger partial charge in [0.1, 0.15) is 5.01 Å². The van der Waals surface area contributed by atoms with Gasteiger partial charge in [-0.1, -0.05) is 30.3 Å². The number of nitrogens with one attached hydrogen (secondary N) is 2. The predicted octanol–water partition coefficient (Wildman–Crippen LogP) is 6.53. The van der Waals surface area contributed by atoms with Gasteiger partial charge in [0.25, 0.3) is 0 Å². The zero-order valence-corrected chi connectivity index (χ0v) is 27.1. The van der Waals surface area contributed by atoms with Crippen molar-refractivity contribution in [3.8, 4) is 21.0 Å². The number of anilines is 1. The molecule has 4 aromatic rings. The lowest BCUT2D eigenvalue weighted by Gasteiger charge is -2.22. The van der Waals surface area contributed by atoms with Crippen LogP contribution in [0.25, 0.3) is 21.0 Å². The van der Waals surface area contributed by atoms with Crippen LogP contribution >= 0.6 is 11.3 Å². The summed E-state index contributed by atoms with van der Waals surface area (Å²) in [7, 11) is -7.52. The Kier molecular flexibility index (Phi) is 9.75. The predicted molar refractivity (Wildman–Crippen MR) is 170 cm³/mol. The minimum Gasteiger partial charge on any atom is -0.447 e. The first-order valence-corrected chi connectivity index (χ1v) is 17.6. The first kappa shape index (κ1) is 32.3. The molecule has 9 nitrogen and oxygen atoms in total. The van der Waals surface area contributed by atoms with E-state index in [2.05, 4.69) is 15.0 Å². The molecule has 0 atom stereocenters. The largest absolute Gasteiger partial charge is 0.447 e. The standard InChI is InChI=1S/C31H35N3O6S3/c1-21(2)40-30(35)33-24-14-12-23(13-15-24)29-32-20-27(41-29)26-16-11-22(19-28(26)43(38,39)34-31(3,4)5)17-18-42(36,37)25-9-7-6-8-10-25/h6-16,19-21,34H,17-18H2,1-5H3,(H,33,35). The second-order valence-corrected chi connectivity index (χ2v) is 16.0. The number of nitrogens with zero attached hydrogens (tertiary/aromatic N) is 1. The van der Waals surface area contributed by atoms with Gasteiger partial charge in [0, 0.05) is 28.6 Å². The Bertz CT molecular complexity index is 1790. The van der Waals surface area contributed by atoms with Crippen LogP contribution in [0.1, 0.15) is 40.2 Å². The molecule has 43 heavy (non-hydrogen) atoms. The highest BCUT2D eigenvalue weighted by Gasteiger charge is 2.27. The Morgan fingerprint density at radius 2 is 1.63 bits per heavy atom. The van der Waals surface area contributed by atoms with Crippen LogP contribution in [0.5, 0.6) is 0 Å². The van der Waals surface area contributed by atoms with Gasteiger partial charge >= 0.3 is 6.09 Å². The number of hydrogen-bond acceptors (Lipinski definition) is 8. The van der Waals surface area contributed by atoms with E-state index in [-0.39, 0.29) is 28.1 Å². The molecule has 4 rings (SSSR count). The van der Waals surface area contributed by atoms with Crippen LogP contribution in [-0.2, 0) is 31.0 Å². The van der Waals surface area contributed by atoms with Crippen molar-refractivity contribution < 1.29 is 26.4 Å². The number of sulfone groups is 1. The number of benzene rings is 3. The first-order chi connectivity index (χ1) is 20.1. The van der Waals surface area contributed by atoms with Crippen molar-refractivity contribution in [2.45, 2.75) is 62.5 Å². The third-order valence-corrected chi connectivity index (χ3v) is 10.6. The van der Waals surface area contributed by atoms with E-state index >= 15 is 0 Å². The van der Waals surface area contributed by atoms with Crippen LogP contribution in [0.2, 0.25) is 0 Å². The molecule has 0 bridgehead atoms. The van der Waals surface area contributed by atoms with Gasteiger partial charge in [0.05, 0.1) is 26.5 Å². The maximum absolute atomic E-state index is 13.6. The smallest absolute Gasteiger partial charge is 0.411 e. The van der Waals surface area contributed by atoms with Crippen LogP contribution in [0.15, 0.2) is 88.8 Å². The zero-order valence-electron chi connectivity index (χ0n) is 24.6. The van der Waals surface area contributed by atoms with Crippen LogP contribution in [0, 0.1) is 0 Å². The van der Waals surface area contributed by atoms with Gasteiger partial charge < -0.3 is 4.74 Å². The summed E-state index contributed by atoms with van der Waals surface area (Å²) >= 11 is 1.33. The molecule has 0 aliphatic carbocycles. The third-order valence-electron chi connectivity index (χ3n) is 6.03. The van der Waals surface area contributed by atoms with E-state index in [9.17, 15) is 21.6 Å². The average Bonchev–Trinajstić information content (AvgIpc) is 3.41. The second kappa shape index (κ2) is 13.0. The summed E-state index contributed by atoms with van der Waals surface area (Å²) in [6.45, 7) is 8.80. The highest BCUT2D eigenvalue weighted by molar-refractivity contribution is 7.91. The maximum Gasteiger partial charge on any atom is 0.411 e. The van der Waals surface area contributed by atoms with Gasteiger partial charge in [0.15, 0.2) is 9.84 Å². The van der Waals surface area contributed by atoms with Gasteiger partial charge in [-0.15, -0.1) is 11.3 Å². The van der Waals surface area contributed by atoms with E-state index in [0.717, 1.165) is 5.56 Å². The molecular weight excluding hydrogens is 607 g/mol. The minimum atomic E-state index is -3.98. The summed E-state index contributed by atoms with van der Waals surface area (Å²) in [6.07, 6.45) is 0.987. The molecule has 3 aromatic carbocycles. The highest BCUT2D eigenvalue weighted by atomic mass is 32.2. The normalized spacial score (nSPS) is 12.3. The molecule has 0 saturated heterocycles. The van der Waals surface area contributed by atoms with E-state index in [1.165, 1.54) is 11.3 Å². The summed E-state index contributed by atoms with van der Waals surface area (Å²) < 4.78 is 60.7. The molecule has 0 aliphatic heterocycles. The Labute approximate surface area is 257 Å². The fraction of sp³-hybridized carbons (Fsp3) is 0.290. The number of sulfonamides is 1. The Morgan fingerprint density at radius 3 is 2.26 bits per heavy atom. The number of aryl methyl sites for hydroxylation is 1. The van der Waals surface area contributed by atoms with E-state index < -0.39 is 31.5 Å². The number of thiazole rings is 1. The summed E-state index contributed by atoms with van der Waals surface area (Å²) in [4.78, 5) is 17.3. The SMILES string of the molecule is CC(C)OC(=O)Nc1ccc(-c2ncc(-c3ccc(CCS(=O)(=O)c4ccccc4)cc3S(=O)(=O)NC(C)(C)C)s2)cc1. The van der Waals surface area contributed by atoms with Gasteiger partial charge in [-0.05, 0) is 89.1 Å². The lowest BCUT2D eigenvalue weighted by molar-refractivity contribution is 0.130. The van der Waals surface area contributed by atoms with Gasteiger partial charge in [-0.25, -0.2) is 31.3 Å². The second-order valence-electron chi connectivity index (χ2n) is 11.3. The van der Waals surface area contributed by atoms with Crippen LogP contribution in [0.4, 0.5) is 10.5 Å². The fourth-order valence-corrected chi connectivity index (χ4v) is 8.22. The quantitative estimate of drug-likeness (QED) is 0.201. The molecule has 0 radical (unpaired) electrons. The van der Waals surface area contributed by atoms with Crippen molar-refractivity contribution in [2.75, 3.05) is 11.1 Å². The van der Waals surface area contributed by atoms with Crippen LogP contribution in [-0.4, -0.2) is 45.3 Å². The van der Waals surface area contributed by atoms with Crippen molar-refractivity contribution in [2.24, 2.45) is 0 Å². The fourth-order valence-electron chi connectivity index (χ4n) is 4.19. The molecule has 0 fully saturated rings. The van der Waals surface area contributed by atoms with E-state index in [1.807, 2.05) is 12.1 Å². The molecule has 228 valence electrons. The van der Waals surface area contributed by atoms with Crippen molar-refractivity contribution >= 4 is 43.0 Å². The highest BCUT2D eigenvalue weighted by Crippen LogP contribution is 2.37. The van der Waals surface area contributed by atoms with Gasteiger partial charge in [-0.2, -0.15) is 0 Å². The molecule has 0 saturated carbocycles. The minimum absolute atomic E-state index is 0.0513. The molecule has 0 spiro atoms. The van der Waals surface area contributed by atoms with Crippen LogP contribution < -0.4 is 10.0 Å². The number of ether oxygens (including phenoxy) is 1. The van der Waals surface area contributed by atoms with Crippen molar-refractivity contribution in [1.82, 2.24) is 9.71 Å². The lowest BCUT2D eigenvalue weighted by Crippen LogP contribution is -2.40. The van der Waals surface area contributed by atoms with Crippen molar-refractivity contribution in [1.29, 1.82) is 0 Å². The number of carbonyl (C=O) groups is 1. The Balaban J connectivity index is 1.63. The summed E-state index contributed by atoms with van der Waals surface area (Å²) in [5.74, 6) is -0.159. The Morgan fingerprint density at radius 1 is 0.953 bits per heavy atom. The van der Waals surface area contributed by atoms with Crippen molar-refractivity contribution in [3.05, 3.63) is 84.6 Å². The topological polar surface area (TPSA) is 132 Å². The summed E-state index contributed by atoms with van der Waals surface area (Å²) in [5, 5.41) is 3.33. The summed E-state index contributed by atoms with van der Waals surface area (Å²) in [5.41, 5.74) is 1.67. The molecule has 12 heteroatoms. The number of rotatable bonds is 10. The van der Waals surface area contributed by atoms with Gasteiger partial charge in [0.2, 0.25) is 10.0 Å². The van der Waals surface area contributed by atoms with E-state index in [4.69, 9.17) is 4.74 Å². The molecule has 1 amide bonds. The Hall–Kier alpha value is -3.58. The van der Waals surface area contributed by atoms with Crippen molar-refractivity contribution in [3.63, 3.8) is 0 Å². The maximum atomic E-state index is 13.6. The molecule has 1 heterocycles. The molecule has 2 N–H and O–H groups in total. The number of hydrogen-bond donors (Lipinski definition) is 2. The summed E-state index contributed by atoms with van der Waals surface area (Å²) in [6, 6.07) is 20.3. The molecule has 1 aromatic heterocycles. The first-order valence-electron chi connectivity index (χ1n) is 13.6. The molecule has 0 aliphatic rings. The van der Waals surface area contributed by atoms with Crippen LogP contribution in [0.3, 0.4) is 0 Å². The number of aromatic nitrogens is 1. The molecular formula is C31H35N3O6S3. The lowest BCUT2D eigenvalue weighted by atomic mass is 10.1. The van der Waals surface area contributed by atoms with E-state index in [0.29, 0.717) is 26.7 Å². The third kappa shape index (κ3) is 8.73.